The summed E-state index contributed by atoms with van der Waals surface area (Å²) in [6.07, 6.45) is 1.60. The highest BCUT2D eigenvalue weighted by atomic mass is 32.2. The summed E-state index contributed by atoms with van der Waals surface area (Å²) < 4.78 is 43.5. The van der Waals surface area contributed by atoms with Gasteiger partial charge in [0.15, 0.2) is 0 Å². The minimum atomic E-state index is -2.48. The Kier molecular flexibility index (Phi) is 7.76. The van der Waals surface area contributed by atoms with Crippen molar-refractivity contribution in [2.45, 2.75) is 6.54 Å². The predicted molar refractivity (Wildman–Crippen MR) is 125 cm³/mol. The van der Waals surface area contributed by atoms with Crippen molar-refractivity contribution in [2.24, 2.45) is 0 Å². The largest absolute Gasteiger partial charge is 0.760 e. The highest BCUT2D eigenvalue weighted by Gasteiger charge is 2.15. The lowest BCUT2D eigenvalue weighted by Crippen LogP contribution is -2.36. The fourth-order valence-electron chi connectivity index (χ4n) is 3.58. The lowest BCUT2D eigenvalue weighted by Gasteiger charge is -2.29. The zero-order valence-electron chi connectivity index (χ0n) is 18.2. The van der Waals surface area contributed by atoms with Gasteiger partial charge in [-0.1, -0.05) is 24.3 Å². The number of nitrogens with one attached hydrogen (secondary N) is 1. The van der Waals surface area contributed by atoms with E-state index in [-0.39, 0.29) is 18.9 Å². The van der Waals surface area contributed by atoms with E-state index in [2.05, 4.69) is 15.3 Å². The number of anilines is 3. The van der Waals surface area contributed by atoms with E-state index >= 15 is 0 Å². The average molecular weight is 482 g/mol. The fraction of sp³-hybridized carbons (Fsp3) is 0.261. The van der Waals surface area contributed by atoms with Crippen LogP contribution in [0.15, 0.2) is 54.7 Å². The van der Waals surface area contributed by atoms with Crippen molar-refractivity contribution >= 4 is 28.6 Å². The van der Waals surface area contributed by atoms with Crippen LogP contribution >= 0.6 is 0 Å². The van der Waals surface area contributed by atoms with Crippen LogP contribution in [-0.2, 0) is 22.5 Å². The number of hydrogen-bond donors (Lipinski definition) is 1. The Morgan fingerprint density at radius 3 is 2.65 bits per heavy atom. The molecule has 4 rings (SSSR count). The Balaban J connectivity index is 1.45. The number of halogens is 1. The number of ether oxygens (including phenoxy) is 1. The molecular formula is C23H22FN6O3S-. The minimum Gasteiger partial charge on any atom is -0.760 e. The van der Waals surface area contributed by atoms with Gasteiger partial charge in [-0.25, -0.2) is 18.7 Å². The summed E-state index contributed by atoms with van der Waals surface area (Å²) in [6, 6.07) is 15.7. The van der Waals surface area contributed by atoms with Gasteiger partial charge in [0.2, 0.25) is 5.95 Å². The summed E-state index contributed by atoms with van der Waals surface area (Å²) in [5, 5.41) is 11.8. The first-order chi connectivity index (χ1) is 16.5. The van der Waals surface area contributed by atoms with Gasteiger partial charge >= 0.3 is 0 Å². The Morgan fingerprint density at radius 1 is 1.21 bits per heavy atom. The van der Waals surface area contributed by atoms with E-state index in [1.807, 2.05) is 23.1 Å². The highest BCUT2D eigenvalue weighted by molar-refractivity contribution is 7.76. The van der Waals surface area contributed by atoms with Crippen LogP contribution in [0, 0.1) is 17.1 Å². The number of hydrogen-bond acceptors (Lipinski definition) is 8. The molecule has 0 spiro atoms. The van der Waals surface area contributed by atoms with E-state index in [1.54, 1.807) is 36.5 Å². The van der Waals surface area contributed by atoms with E-state index in [4.69, 9.17) is 10.00 Å². The predicted octanol–water partition coefficient (Wildman–Crippen LogP) is 2.98. The topological polar surface area (TPSA) is 117 Å². The Hall–Kier alpha value is -3.43. The Bertz CT molecular complexity index is 1200. The molecule has 1 N–H and O–H groups in total. The number of aromatic nitrogens is 2. The molecule has 1 saturated heterocycles. The second-order valence-electron chi connectivity index (χ2n) is 7.53. The zero-order valence-corrected chi connectivity index (χ0v) is 19.0. The third kappa shape index (κ3) is 5.92. The number of nitriles is 1. The monoisotopic (exact) mass is 481 g/mol. The zero-order chi connectivity index (χ0) is 23.9. The van der Waals surface area contributed by atoms with E-state index in [9.17, 15) is 13.2 Å². The lowest BCUT2D eigenvalue weighted by molar-refractivity contribution is 0.122. The second-order valence-corrected chi connectivity index (χ2v) is 8.48. The van der Waals surface area contributed by atoms with Crippen molar-refractivity contribution in [2.75, 3.05) is 43.1 Å². The van der Waals surface area contributed by atoms with Crippen LogP contribution in [0.3, 0.4) is 0 Å². The van der Waals surface area contributed by atoms with Crippen LogP contribution in [0.5, 0.6) is 0 Å². The van der Waals surface area contributed by atoms with Gasteiger partial charge in [-0.05, 0) is 29.8 Å². The lowest BCUT2D eigenvalue weighted by atomic mass is 10.1. The smallest absolute Gasteiger partial charge is 0.227 e. The van der Waals surface area contributed by atoms with Crippen molar-refractivity contribution in [3.8, 4) is 17.3 Å². The normalized spacial score (nSPS) is 14.6. The number of rotatable bonds is 8. The van der Waals surface area contributed by atoms with E-state index in [0.29, 0.717) is 49.3 Å². The van der Waals surface area contributed by atoms with E-state index in [1.165, 1.54) is 6.07 Å². The van der Waals surface area contributed by atoms with Gasteiger partial charge in [0.1, 0.15) is 5.82 Å². The van der Waals surface area contributed by atoms with Gasteiger partial charge in [0.05, 0.1) is 37.2 Å². The van der Waals surface area contributed by atoms with Gasteiger partial charge in [-0.3, -0.25) is 4.21 Å². The first kappa shape index (κ1) is 23.7. The summed E-state index contributed by atoms with van der Waals surface area (Å²) in [5.74, 6) is -0.00913. The minimum absolute atomic E-state index is 0.104. The molecule has 0 radical (unpaired) electrons. The quantitative estimate of drug-likeness (QED) is 0.385. The van der Waals surface area contributed by atoms with Crippen LogP contribution < -0.4 is 10.2 Å². The molecule has 3 aromatic rings. The molecule has 11 heteroatoms. The van der Waals surface area contributed by atoms with Crippen LogP contribution in [0.25, 0.3) is 11.3 Å². The molecule has 34 heavy (non-hydrogen) atoms. The molecular weight excluding hydrogens is 459 g/mol. The molecule has 0 saturated carbocycles. The molecule has 1 aromatic heterocycles. The summed E-state index contributed by atoms with van der Waals surface area (Å²) in [5.41, 5.74) is 3.27. The maximum absolute atomic E-state index is 14.7. The standard InChI is InChI=1S/C23H23FN6O3S/c24-20-15-19(5-6-22(20)29-11-13-33-14-12-29)27-23-26-9-7-21(28-23)18-3-1-17(2-4-18)16-30(10-8-25)34(31)32/h1-7,9,15H,10-14,16H2,(H,31,32)(H,26,27,28)/p-1. The molecule has 1 unspecified atom stereocenters. The molecule has 1 atom stereocenters. The number of morpholine rings is 1. The summed E-state index contributed by atoms with van der Waals surface area (Å²) in [4.78, 5) is 10.7. The first-order valence-corrected chi connectivity index (χ1v) is 11.6. The molecule has 1 aliphatic heterocycles. The second kappa shape index (κ2) is 11.1. The Morgan fingerprint density at radius 2 is 1.97 bits per heavy atom. The van der Waals surface area contributed by atoms with Gasteiger partial charge in [0, 0.05) is 48.3 Å². The van der Waals surface area contributed by atoms with Crippen LogP contribution in [0.4, 0.5) is 21.7 Å². The first-order valence-electron chi connectivity index (χ1n) is 10.6. The molecule has 176 valence electrons. The van der Waals surface area contributed by atoms with Crippen LogP contribution in [-0.4, -0.2) is 55.9 Å². The maximum atomic E-state index is 14.7. The molecule has 2 aromatic carbocycles. The van der Waals surface area contributed by atoms with Crippen molar-refractivity contribution in [3.63, 3.8) is 0 Å². The van der Waals surface area contributed by atoms with Crippen molar-refractivity contribution < 1.29 is 17.9 Å². The van der Waals surface area contributed by atoms with Gasteiger partial charge in [-0.2, -0.15) is 5.26 Å². The van der Waals surface area contributed by atoms with Gasteiger partial charge in [-0.15, -0.1) is 0 Å². The molecule has 1 aliphatic rings. The van der Waals surface area contributed by atoms with E-state index in [0.717, 1.165) is 15.4 Å². The van der Waals surface area contributed by atoms with Crippen molar-refractivity contribution in [1.82, 2.24) is 14.3 Å². The molecule has 0 amide bonds. The SMILES string of the molecule is N#CCN(Cc1ccc(-c2ccnc(Nc3ccc(N4CCOCC4)c(F)c3)n2)cc1)S(=O)[O-]. The van der Waals surface area contributed by atoms with E-state index < -0.39 is 11.3 Å². The molecule has 0 bridgehead atoms. The van der Waals surface area contributed by atoms with Crippen LogP contribution in [0.1, 0.15) is 5.56 Å². The average Bonchev–Trinajstić information content (AvgIpc) is 2.85. The Labute approximate surface area is 199 Å². The summed E-state index contributed by atoms with van der Waals surface area (Å²) in [6.45, 7) is 2.35. The molecule has 0 aliphatic carbocycles. The third-order valence-corrected chi connectivity index (χ3v) is 5.96. The molecule has 1 fully saturated rings. The molecule has 9 nitrogen and oxygen atoms in total. The summed E-state index contributed by atoms with van der Waals surface area (Å²) >= 11 is -2.48. The van der Waals surface area contributed by atoms with Crippen molar-refractivity contribution in [3.05, 3.63) is 66.1 Å². The third-order valence-electron chi connectivity index (χ3n) is 5.28. The fourth-order valence-corrected chi connectivity index (χ4v) is 4.00. The van der Waals surface area contributed by atoms with Gasteiger partial charge in [0.25, 0.3) is 0 Å². The number of benzene rings is 2. The van der Waals surface area contributed by atoms with Gasteiger partial charge < -0.3 is 19.5 Å². The maximum Gasteiger partial charge on any atom is 0.227 e. The molecule has 2 heterocycles. The highest BCUT2D eigenvalue weighted by Crippen LogP contribution is 2.26. The van der Waals surface area contributed by atoms with Crippen molar-refractivity contribution in [1.29, 1.82) is 5.26 Å². The number of nitrogens with zero attached hydrogens (tertiary/aromatic N) is 5. The summed E-state index contributed by atoms with van der Waals surface area (Å²) in [7, 11) is 0. The van der Waals surface area contributed by atoms with Crippen LogP contribution in [0.2, 0.25) is 0 Å².